The van der Waals surface area contributed by atoms with Gasteiger partial charge >= 0.3 is 0 Å². The average Bonchev–Trinajstić information content (AvgIpc) is 2.80. The molecule has 0 saturated carbocycles. The molecule has 1 atom stereocenters. The molecule has 1 saturated heterocycles. The highest BCUT2D eigenvalue weighted by Gasteiger charge is 2.33. The maximum atomic E-state index is 14.3. The van der Waals surface area contributed by atoms with E-state index in [4.69, 9.17) is 0 Å². The molecule has 23 heavy (non-hydrogen) atoms. The lowest BCUT2D eigenvalue weighted by Gasteiger charge is -2.36. The molecule has 1 unspecified atom stereocenters. The minimum absolute atomic E-state index is 0.0106. The van der Waals surface area contributed by atoms with Crippen LogP contribution in [0.25, 0.3) is 0 Å². The standard InChI is InChI=1S/C18H22FN3O/c1-12-8-4-5-9-14(12)15-10-6-7-11-22(15)18(23)16-13(2)20-21(3)17(16)19/h4-5,8-9,15H,6-7,10-11H2,1-3H3. The van der Waals surface area contributed by atoms with E-state index in [2.05, 4.69) is 24.2 Å². The fourth-order valence-electron chi connectivity index (χ4n) is 3.48. The highest BCUT2D eigenvalue weighted by atomic mass is 19.1. The zero-order valence-corrected chi connectivity index (χ0v) is 13.8. The molecule has 5 heteroatoms. The van der Waals surface area contributed by atoms with Crippen LogP contribution in [0.2, 0.25) is 0 Å². The topological polar surface area (TPSA) is 38.1 Å². The summed E-state index contributed by atoms with van der Waals surface area (Å²) in [5.74, 6) is -0.803. The average molecular weight is 315 g/mol. The Morgan fingerprint density at radius 2 is 2.00 bits per heavy atom. The van der Waals surface area contributed by atoms with E-state index in [-0.39, 0.29) is 17.5 Å². The van der Waals surface area contributed by atoms with Crippen LogP contribution in [0.4, 0.5) is 4.39 Å². The number of amides is 1. The largest absolute Gasteiger partial charge is 0.331 e. The van der Waals surface area contributed by atoms with Gasteiger partial charge in [-0.25, -0.2) is 4.68 Å². The fraction of sp³-hybridized carbons (Fsp3) is 0.444. The molecule has 1 fully saturated rings. The van der Waals surface area contributed by atoms with E-state index in [9.17, 15) is 9.18 Å². The molecular weight excluding hydrogens is 293 g/mol. The highest BCUT2D eigenvalue weighted by molar-refractivity contribution is 5.95. The zero-order chi connectivity index (χ0) is 16.6. The van der Waals surface area contributed by atoms with Crippen LogP contribution in [-0.2, 0) is 7.05 Å². The van der Waals surface area contributed by atoms with Crippen molar-refractivity contribution in [3.05, 3.63) is 52.6 Å². The normalized spacial score (nSPS) is 18.3. The van der Waals surface area contributed by atoms with Crippen molar-refractivity contribution >= 4 is 5.91 Å². The zero-order valence-electron chi connectivity index (χ0n) is 13.8. The second-order valence-electron chi connectivity index (χ2n) is 6.24. The molecule has 1 aromatic heterocycles. The molecule has 4 nitrogen and oxygen atoms in total. The molecule has 1 amide bonds. The Labute approximate surface area is 135 Å². The van der Waals surface area contributed by atoms with Gasteiger partial charge in [0.25, 0.3) is 5.91 Å². The van der Waals surface area contributed by atoms with Gasteiger partial charge in [-0.05, 0) is 44.2 Å². The number of carbonyl (C=O) groups is 1. The molecule has 2 heterocycles. The fourth-order valence-corrected chi connectivity index (χ4v) is 3.48. The SMILES string of the molecule is Cc1ccccc1C1CCCCN1C(=O)c1c(C)nn(C)c1F. The monoisotopic (exact) mass is 315 g/mol. The summed E-state index contributed by atoms with van der Waals surface area (Å²) in [6.45, 7) is 4.40. The summed E-state index contributed by atoms with van der Waals surface area (Å²) in [6, 6.07) is 8.13. The van der Waals surface area contributed by atoms with Crippen LogP contribution in [0, 0.1) is 19.8 Å². The van der Waals surface area contributed by atoms with E-state index < -0.39 is 5.95 Å². The summed E-state index contributed by atoms with van der Waals surface area (Å²) in [4.78, 5) is 14.8. The van der Waals surface area contributed by atoms with Crippen LogP contribution in [0.15, 0.2) is 24.3 Å². The van der Waals surface area contributed by atoms with Gasteiger partial charge in [-0.15, -0.1) is 0 Å². The molecule has 0 bridgehead atoms. The maximum Gasteiger partial charge on any atom is 0.260 e. The first-order valence-electron chi connectivity index (χ1n) is 8.06. The number of nitrogens with zero attached hydrogens (tertiary/aromatic N) is 3. The third-order valence-electron chi connectivity index (χ3n) is 4.68. The Hall–Kier alpha value is -2.17. The second kappa shape index (κ2) is 6.14. The molecule has 0 N–H and O–H groups in total. The number of halogens is 1. The molecule has 1 aliphatic rings. The van der Waals surface area contributed by atoms with Crippen LogP contribution >= 0.6 is 0 Å². The maximum absolute atomic E-state index is 14.3. The molecule has 0 radical (unpaired) electrons. The highest BCUT2D eigenvalue weighted by Crippen LogP contribution is 2.34. The van der Waals surface area contributed by atoms with Gasteiger partial charge in [0.15, 0.2) is 0 Å². The van der Waals surface area contributed by atoms with E-state index in [1.54, 1.807) is 6.92 Å². The van der Waals surface area contributed by atoms with Gasteiger partial charge in [0.2, 0.25) is 5.95 Å². The lowest BCUT2D eigenvalue weighted by molar-refractivity contribution is 0.0604. The number of hydrogen-bond donors (Lipinski definition) is 0. The van der Waals surface area contributed by atoms with Crippen molar-refractivity contribution in [3.8, 4) is 0 Å². The van der Waals surface area contributed by atoms with E-state index in [1.165, 1.54) is 12.6 Å². The van der Waals surface area contributed by atoms with E-state index in [0.717, 1.165) is 29.5 Å². The number of piperidine rings is 1. The summed E-state index contributed by atoms with van der Waals surface area (Å²) >= 11 is 0. The van der Waals surface area contributed by atoms with Gasteiger partial charge in [0.1, 0.15) is 5.56 Å². The lowest BCUT2D eigenvalue weighted by atomic mass is 9.91. The van der Waals surface area contributed by atoms with Gasteiger partial charge in [-0.2, -0.15) is 9.49 Å². The third kappa shape index (κ3) is 2.76. The van der Waals surface area contributed by atoms with Crippen molar-refractivity contribution in [1.29, 1.82) is 0 Å². The first-order chi connectivity index (χ1) is 11.0. The minimum Gasteiger partial charge on any atom is -0.331 e. The van der Waals surface area contributed by atoms with Crippen molar-refractivity contribution in [1.82, 2.24) is 14.7 Å². The van der Waals surface area contributed by atoms with Crippen molar-refractivity contribution < 1.29 is 9.18 Å². The van der Waals surface area contributed by atoms with Gasteiger partial charge in [0, 0.05) is 13.6 Å². The molecule has 2 aromatic rings. The molecule has 1 aromatic carbocycles. The van der Waals surface area contributed by atoms with E-state index >= 15 is 0 Å². The number of aryl methyl sites for hydroxylation is 3. The smallest absolute Gasteiger partial charge is 0.260 e. The number of aromatic nitrogens is 2. The van der Waals surface area contributed by atoms with Crippen LogP contribution in [0.5, 0.6) is 0 Å². The van der Waals surface area contributed by atoms with Crippen molar-refractivity contribution in [2.75, 3.05) is 6.54 Å². The number of benzene rings is 1. The summed E-state index contributed by atoms with van der Waals surface area (Å²) in [5, 5.41) is 4.04. The molecular formula is C18H22FN3O. The molecule has 0 spiro atoms. The van der Waals surface area contributed by atoms with E-state index in [1.807, 2.05) is 17.0 Å². The first kappa shape index (κ1) is 15.7. The number of hydrogen-bond acceptors (Lipinski definition) is 2. The summed E-state index contributed by atoms with van der Waals surface area (Å²) in [6.07, 6.45) is 2.95. The Kier molecular flexibility index (Phi) is 4.20. The Morgan fingerprint density at radius 3 is 2.65 bits per heavy atom. The summed E-state index contributed by atoms with van der Waals surface area (Å²) in [5.41, 5.74) is 2.88. The van der Waals surface area contributed by atoms with Crippen molar-refractivity contribution in [3.63, 3.8) is 0 Å². The van der Waals surface area contributed by atoms with Crippen LogP contribution in [-0.4, -0.2) is 27.1 Å². The quantitative estimate of drug-likeness (QED) is 0.850. The van der Waals surface area contributed by atoms with Crippen LogP contribution in [0.3, 0.4) is 0 Å². The number of rotatable bonds is 2. The molecule has 122 valence electrons. The predicted octanol–water partition coefficient (Wildman–Crippen LogP) is 3.54. The number of likely N-dealkylation sites (tertiary alicyclic amines) is 1. The Morgan fingerprint density at radius 1 is 1.26 bits per heavy atom. The second-order valence-corrected chi connectivity index (χ2v) is 6.24. The first-order valence-corrected chi connectivity index (χ1v) is 8.06. The molecule has 3 rings (SSSR count). The minimum atomic E-state index is -0.554. The van der Waals surface area contributed by atoms with E-state index in [0.29, 0.717) is 12.2 Å². The third-order valence-corrected chi connectivity index (χ3v) is 4.68. The molecule has 1 aliphatic heterocycles. The molecule has 0 aliphatic carbocycles. The van der Waals surface area contributed by atoms with Crippen LogP contribution in [0.1, 0.15) is 52.5 Å². The Bertz CT molecular complexity index is 738. The van der Waals surface area contributed by atoms with Crippen molar-refractivity contribution in [2.24, 2.45) is 7.05 Å². The summed E-state index contributed by atoms with van der Waals surface area (Å²) < 4.78 is 15.4. The number of carbonyl (C=O) groups excluding carboxylic acids is 1. The predicted molar refractivity (Wildman–Crippen MR) is 86.7 cm³/mol. The lowest BCUT2D eigenvalue weighted by Crippen LogP contribution is -2.39. The van der Waals surface area contributed by atoms with Gasteiger partial charge in [0.05, 0.1) is 11.7 Å². The van der Waals surface area contributed by atoms with Gasteiger partial charge < -0.3 is 4.90 Å². The van der Waals surface area contributed by atoms with Gasteiger partial charge in [-0.3, -0.25) is 4.79 Å². The van der Waals surface area contributed by atoms with Crippen molar-refractivity contribution in [2.45, 2.75) is 39.2 Å². The van der Waals surface area contributed by atoms with Gasteiger partial charge in [-0.1, -0.05) is 24.3 Å². The Balaban J connectivity index is 1.99. The summed E-state index contributed by atoms with van der Waals surface area (Å²) in [7, 11) is 1.52. The van der Waals surface area contributed by atoms with Crippen LogP contribution < -0.4 is 0 Å².